The molecule has 0 radical (unpaired) electrons. The number of thioether (sulfide) groups is 1. The van der Waals surface area contributed by atoms with Crippen LogP contribution in [0.25, 0.3) is 0 Å². The van der Waals surface area contributed by atoms with Crippen LogP contribution in [0.4, 0.5) is 0 Å². The van der Waals surface area contributed by atoms with Gasteiger partial charge in [-0.15, -0.1) is 11.8 Å². The summed E-state index contributed by atoms with van der Waals surface area (Å²) in [6.45, 7) is 6.19. The Bertz CT molecular complexity index is 1050. The van der Waals surface area contributed by atoms with E-state index in [4.69, 9.17) is 9.47 Å². The Labute approximate surface area is 188 Å². The number of hydrogen-bond donors (Lipinski definition) is 0. The highest BCUT2D eigenvalue weighted by Gasteiger charge is 2.60. The first-order valence-electron chi connectivity index (χ1n) is 10.0. The van der Waals surface area contributed by atoms with E-state index in [2.05, 4.69) is 0 Å². The van der Waals surface area contributed by atoms with Gasteiger partial charge in [0.15, 0.2) is 0 Å². The lowest BCUT2D eigenvalue weighted by molar-refractivity contribution is -0.160. The molecule has 3 heterocycles. The zero-order valence-corrected chi connectivity index (χ0v) is 18.9. The number of hydrogen-bond acceptors (Lipinski definition) is 8. The second-order valence-electron chi connectivity index (χ2n) is 8.61. The number of nitrogens with zero attached hydrogens (tertiary/aromatic N) is 2. The minimum atomic E-state index is -1.03. The number of carbonyl (C=O) groups is 5. The van der Waals surface area contributed by atoms with Gasteiger partial charge in [-0.05, 0) is 32.9 Å². The molecule has 3 amide bonds. The molecule has 4 rings (SSSR count). The normalized spacial score (nSPS) is 22.4. The van der Waals surface area contributed by atoms with Gasteiger partial charge >= 0.3 is 11.9 Å². The van der Waals surface area contributed by atoms with E-state index >= 15 is 0 Å². The highest BCUT2D eigenvalue weighted by Crippen LogP contribution is 2.44. The van der Waals surface area contributed by atoms with Gasteiger partial charge in [-0.3, -0.25) is 29.0 Å². The number of fused-ring (bicyclic) bond motifs is 2. The minimum absolute atomic E-state index is 0.00258. The molecular formula is C22H22N2O7S. The quantitative estimate of drug-likeness (QED) is 0.381. The summed E-state index contributed by atoms with van der Waals surface area (Å²) >= 11 is 1.30. The van der Waals surface area contributed by atoms with Gasteiger partial charge in [0.2, 0.25) is 0 Å². The molecule has 32 heavy (non-hydrogen) atoms. The lowest BCUT2D eigenvalue weighted by Gasteiger charge is -2.51. The van der Waals surface area contributed by atoms with E-state index < -0.39 is 46.7 Å². The van der Waals surface area contributed by atoms with Crippen LogP contribution in [-0.4, -0.2) is 68.8 Å². The van der Waals surface area contributed by atoms with Crippen molar-refractivity contribution in [3.8, 4) is 0 Å². The fourth-order valence-corrected chi connectivity index (χ4v) is 5.21. The van der Waals surface area contributed by atoms with Crippen molar-refractivity contribution in [1.29, 1.82) is 0 Å². The smallest absolute Gasteiger partial charge is 0.355 e. The molecule has 0 spiro atoms. The lowest BCUT2D eigenvalue weighted by Crippen LogP contribution is -2.71. The molecule has 1 fully saturated rings. The Morgan fingerprint density at radius 2 is 1.66 bits per heavy atom. The average molecular weight is 458 g/mol. The standard InChI is InChI=1S/C22H22N2O7S/c1-11(25)30-9-12-10-32-20-16(19(28)24(20)15(12)21(29)31-22(2,3)4)23-17(26)13-7-5-6-8-14(13)18(23)27/h5-8,16,20H,9-10H2,1-4H3/t16?,20-/m1/s1. The molecule has 1 saturated heterocycles. The number of rotatable bonds is 4. The van der Waals surface area contributed by atoms with E-state index in [1.807, 2.05) is 0 Å². The summed E-state index contributed by atoms with van der Waals surface area (Å²) in [5.74, 6) is -2.59. The average Bonchev–Trinajstić information content (AvgIpc) is 2.95. The van der Waals surface area contributed by atoms with Gasteiger partial charge < -0.3 is 9.47 Å². The molecule has 0 aromatic heterocycles. The van der Waals surface area contributed by atoms with E-state index in [1.54, 1.807) is 45.0 Å². The molecule has 1 aromatic rings. The Morgan fingerprint density at radius 1 is 1.06 bits per heavy atom. The van der Waals surface area contributed by atoms with Crippen LogP contribution in [0.15, 0.2) is 35.5 Å². The van der Waals surface area contributed by atoms with E-state index in [0.29, 0.717) is 5.57 Å². The molecule has 0 N–H and O–H groups in total. The van der Waals surface area contributed by atoms with Crippen molar-refractivity contribution in [2.24, 2.45) is 0 Å². The number of amides is 3. The molecule has 10 heteroatoms. The van der Waals surface area contributed by atoms with E-state index in [-0.39, 0.29) is 29.2 Å². The number of carbonyl (C=O) groups excluding carboxylic acids is 5. The van der Waals surface area contributed by atoms with Gasteiger partial charge in [0.1, 0.15) is 29.3 Å². The Balaban J connectivity index is 1.65. The highest BCUT2D eigenvalue weighted by atomic mass is 32.2. The zero-order valence-electron chi connectivity index (χ0n) is 18.0. The molecule has 3 aliphatic heterocycles. The minimum Gasteiger partial charge on any atom is -0.461 e. The van der Waals surface area contributed by atoms with Crippen LogP contribution in [-0.2, 0) is 23.9 Å². The fourth-order valence-electron chi connectivity index (χ4n) is 3.84. The largest absolute Gasteiger partial charge is 0.461 e. The van der Waals surface area contributed by atoms with Crippen LogP contribution in [0.3, 0.4) is 0 Å². The fraction of sp³-hybridized carbons (Fsp3) is 0.409. The van der Waals surface area contributed by atoms with Gasteiger partial charge in [0, 0.05) is 18.2 Å². The van der Waals surface area contributed by atoms with Crippen molar-refractivity contribution in [3.63, 3.8) is 0 Å². The predicted octanol–water partition coefficient (Wildman–Crippen LogP) is 1.73. The molecule has 1 unspecified atom stereocenters. The number of benzene rings is 1. The molecule has 1 aromatic carbocycles. The zero-order chi connectivity index (χ0) is 23.4. The van der Waals surface area contributed by atoms with Gasteiger partial charge in [0.05, 0.1) is 11.1 Å². The summed E-state index contributed by atoms with van der Waals surface area (Å²) in [5.41, 5.74) is 0.130. The van der Waals surface area contributed by atoms with Gasteiger partial charge in [0.25, 0.3) is 17.7 Å². The molecule has 0 aliphatic carbocycles. The molecule has 3 aliphatic rings. The number of esters is 2. The number of imide groups is 1. The van der Waals surface area contributed by atoms with Crippen LogP contribution in [0.5, 0.6) is 0 Å². The first-order chi connectivity index (χ1) is 15.0. The van der Waals surface area contributed by atoms with E-state index in [9.17, 15) is 24.0 Å². The first-order valence-corrected chi connectivity index (χ1v) is 11.1. The third-order valence-electron chi connectivity index (χ3n) is 5.16. The number of β-lactam (4-membered cyclic amide) rings is 1. The van der Waals surface area contributed by atoms with Crippen molar-refractivity contribution in [2.45, 2.75) is 44.7 Å². The molecule has 0 bridgehead atoms. The highest BCUT2D eigenvalue weighted by molar-refractivity contribution is 8.00. The van der Waals surface area contributed by atoms with Gasteiger partial charge in [-0.25, -0.2) is 4.79 Å². The second kappa shape index (κ2) is 7.77. The van der Waals surface area contributed by atoms with E-state index in [0.717, 1.165) is 4.90 Å². The lowest BCUT2D eigenvalue weighted by atomic mass is 10.0. The second-order valence-corrected chi connectivity index (χ2v) is 9.72. The summed E-state index contributed by atoms with van der Waals surface area (Å²) in [7, 11) is 0. The van der Waals surface area contributed by atoms with Crippen molar-refractivity contribution in [3.05, 3.63) is 46.7 Å². The number of ether oxygens (including phenoxy) is 2. The van der Waals surface area contributed by atoms with Crippen LogP contribution in [0, 0.1) is 0 Å². The molecule has 168 valence electrons. The SMILES string of the molecule is CC(=O)OCC1=C(C(=O)OC(C)(C)C)N2C(=O)C(N3C(=O)c4ccccc4C3=O)[C@H]2SC1. The molecular weight excluding hydrogens is 436 g/mol. The maximum atomic E-state index is 13.2. The van der Waals surface area contributed by atoms with Crippen molar-refractivity contribution >= 4 is 41.4 Å². The Morgan fingerprint density at radius 3 is 2.19 bits per heavy atom. The molecule has 9 nitrogen and oxygen atoms in total. The summed E-state index contributed by atoms with van der Waals surface area (Å²) in [5, 5.41) is -0.631. The predicted molar refractivity (Wildman–Crippen MR) is 113 cm³/mol. The van der Waals surface area contributed by atoms with Crippen LogP contribution in [0.1, 0.15) is 48.4 Å². The van der Waals surface area contributed by atoms with Gasteiger partial charge in [-0.1, -0.05) is 12.1 Å². The monoisotopic (exact) mass is 458 g/mol. The molecule has 2 atom stereocenters. The first kappa shape index (κ1) is 22.1. The van der Waals surface area contributed by atoms with Crippen LogP contribution >= 0.6 is 11.8 Å². The summed E-state index contributed by atoms with van der Waals surface area (Å²) in [6, 6.07) is 5.38. The van der Waals surface area contributed by atoms with Crippen LogP contribution in [0.2, 0.25) is 0 Å². The molecule has 0 saturated carbocycles. The topological polar surface area (TPSA) is 110 Å². The summed E-state index contributed by atoms with van der Waals surface area (Å²) in [4.78, 5) is 65.4. The maximum Gasteiger partial charge on any atom is 0.355 e. The third-order valence-corrected chi connectivity index (χ3v) is 6.49. The third kappa shape index (κ3) is 3.58. The van der Waals surface area contributed by atoms with Crippen molar-refractivity contribution in [2.75, 3.05) is 12.4 Å². The van der Waals surface area contributed by atoms with Crippen molar-refractivity contribution < 1.29 is 33.4 Å². The van der Waals surface area contributed by atoms with Gasteiger partial charge in [-0.2, -0.15) is 0 Å². The summed E-state index contributed by atoms with van der Waals surface area (Å²) < 4.78 is 10.5. The maximum absolute atomic E-state index is 13.2. The Kier molecular flexibility index (Phi) is 5.36. The van der Waals surface area contributed by atoms with Crippen LogP contribution < -0.4 is 0 Å². The van der Waals surface area contributed by atoms with E-state index in [1.165, 1.54) is 23.6 Å². The van der Waals surface area contributed by atoms with Crippen molar-refractivity contribution in [1.82, 2.24) is 9.80 Å². The Hall–Kier alpha value is -3.14. The summed E-state index contributed by atoms with van der Waals surface area (Å²) in [6.07, 6.45) is 0.